The van der Waals surface area contributed by atoms with Gasteiger partial charge in [0.05, 0.1) is 25.4 Å². The molecule has 1 rings (SSSR count). The van der Waals surface area contributed by atoms with Crippen molar-refractivity contribution in [3.05, 3.63) is 122 Å². The fourth-order valence-electron chi connectivity index (χ4n) is 8.60. The van der Waals surface area contributed by atoms with E-state index in [1.165, 1.54) is 103 Å². The lowest BCUT2D eigenvalue weighted by Crippen LogP contribution is -2.60. The Labute approximate surface area is 452 Å². The van der Waals surface area contributed by atoms with Crippen LogP contribution in [0.4, 0.5) is 0 Å². The van der Waals surface area contributed by atoms with Crippen molar-refractivity contribution in [3.8, 4) is 0 Å². The molecule has 1 aliphatic heterocycles. The van der Waals surface area contributed by atoms with Crippen LogP contribution in [0.3, 0.4) is 0 Å². The SMILES string of the molecule is CC/C=C\C/C=C\C/C=C\C/C=C\C/C=C\C/C=C\C/C=C\C/C=C\CCCCCCCCCCC(=O)NC(COC1OC(CO)C(O)C(O)C1O)C(O)/C=C/CC/C=C/CCCCCCCCCCCCCC. The third-order valence-corrected chi connectivity index (χ3v) is 13.3. The molecule has 1 aliphatic rings. The van der Waals surface area contributed by atoms with Crippen LogP contribution in [0.1, 0.15) is 226 Å². The summed E-state index contributed by atoms with van der Waals surface area (Å²) in [4.78, 5) is 13.1. The van der Waals surface area contributed by atoms with Crippen molar-refractivity contribution in [1.29, 1.82) is 0 Å². The Morgan fingerprint density at radius 3 is 1.30 bits per heavy atom. The molecule has 7 unspecified atom stereocenters. The van der Waals surface area contributed by atoms with Crippen LogP contribution in [0, 0.1) is 0 Å². The van der Waals surface area contributed by atoms with Crippen molar-refractivity contribution in [1.82, 2.24) is 5.32 Å². The Kier molecular flexibility index (Phi) is 49.1. The number of carbonyl (C=O) groups is 1. The van der Waals surface area contributed by atoms with E-state index >= 15 is 0 Å². The molecule has 0 spiro atoms. The highest BCUT2D eigenvalue weighted by atomic mass is 16.7. The molecule has 0 radical (unpaired) electrons. The number of aliphatic hydroxyl groups is 5. The summed E-state index contributed by atoms with van der Waals surface area (Å²) in [6, 6.07) is -0.835. The van der Waals surface area contributed by atoms with Crippen molar-refractivity contribution in [3.63, 3.8) is 0 Å². The number of nitrogens with one attached hydrogen (secondary N) is 1. The average molecular weight is 1030 g/mol. The van der Waals surface area contributed by atoms with Gasteiger partial charge < -0.3 is 40.3 Å². The number of carbonyl (C=O) groups excluding carboxylic acids is 1. The van der Waals surface area contributed by atoms with Gasteiger partial charge in [-0.15, -0.1) is 0 Å². The second-order valence-corrected chi connectivity index (χ2v) is 20.0. The average Bonchev–Trinajstić information content (AvgIpc) is 3.40. The number of unbranched alkanes of at least 4 members (excludes halogenated alkanes) is 21. The van der Waals surface area contributed by atoms with Gasteiger partial charge in [-0.2, -0.15) is 0 Å². The predicted octanol–water partition coefficient (Wildman–Crippen LogP) is 15.1. The maximum Gasteiger partial charge on any atom is 0.220 e. The molecule has 9 heteroatoms. The normalized spacial score (nSPS) is 19.9. The van der Waals surface area contributed by atoms with Gasteiger partial charge >= 0.3 is 0 Å². The van der Waals surface area contributed by atoms with E-state index in [-0.39, 0.29) is 12.5 Å². The maximum atomic E-state index is 13.1. The summed E-state index contributed by atoms with van der Waals surface area (Å²) in [5.41, 5.74) is 0. The zero-order valence-corrected chi connectivity index (χ0v) is 46.8. The van der Waals surface area contributed by atoms with Crippen LogP contribution in [0.5, 0.6) is 0 Å². The van der Waals surface area contributed by atoms with Crippen LogP contribution < -0.4 is 5.32 Å². The molecule has 0 aliphatic carbocycles. The topological polar surface area (TPSA) is 149 Å². The molecule has 9 nitrogen and oxygen atoms in total. The standard InChI is InChI=1S/C65H109NO8/c1-3-5-7-9-11-13-15-17-19-21-23-24-25-26-27-28-29-30-31-32-33-34-35-36-37-39-41-43-45-47-49-51-53-55-61(69)66-58(57-73-65-64(72)63(71)62(70)60(56-67)74-65)59(68)54-52-50-48-46-44-42-40-38-22-20-18-16-14-12-10-8-6-4-2/h5,7,11,13,17,19,23-24,26-27,29-30,32-33,35-36,44,46,52,54,58-60,62-65,67-68,70-72H,3-4,6,8-10,12,14-16,18,20-22,25,28,31,34,37-43,45,47-51,53,55-57H2,1-2H3,(H,66,69)/b7-5-,13-11-,19-17-,24-23-,27-26-,30-29-,33-32-,36-35-,46-44+,54-52+. The minimum absolute atomic E-state index is 0.200. The van der Waals surface area contributed by atoms with E-state index in [9.17, 15) is 30.3 Å². The van der Waals surface area contributed by atoms with Gasteiger partial charge in [0, 0.05) is 6.42 Å². The number of amides is 1. The third-order valence-electron chi connectivity index (χ3n) is 13.3. The smallest absolute Gasteiger partial charge is 0.220 e. The lowest BCUT2D eigenvalue weighted by atomic mass is 9.99. The summed E-state index contributed by atoms with van der Waals surface area (Å²) in [7, 11) is 0. The molecule has 0 bridgehead atoms. The second-order valence-electron chi connectivity index (χ2n) is 20.0. The molecule has 0 aromatic heterocycles. The van der Waals surface area contributed by atoms with E-state index in [0.717, 1.165) is 103 Å². The number of hydrogen-bond donors (Lipinski definition) is 6. The van der Waals surface area contributed by atoms with Gasteiger partial charge in [0.15, 0.2) is 6.29 Å². The number of aliphatic hydroxyl groups excluding tert-OH is 5. The van der Waals surface area contributed by atoms with Crippen molar-refractivity contribution >= 4 is 5.91 Å². The zero-order valence-electron chi connectivity index (χ0n) is 46.8. The van der Waals surface area contributed by atoms with Crippen molar-refractivity contribution in [2.45, 2.75) is 269 Å². The summed E-state index contributed by atoms with van der Waals surface area (Å²) < 4.78 is 11.3. The van der Waals surface area contributed by atoms with E-state index in [1.54, 1.807) is 6.08 Å². The van der Waals surface area contributed by atoms with Crippen molar-refractivity contribution < 1.29 is 39.8 Å². The summed E-state index contributed by atoms with van der Waals surface area (Å²) in [6.45, 7) is 3.64. The molecule has 422 valence electrons. The minimum atomic E-state index is -1.58. The summed E-state index contributed by atoms with van der Waals surface area (Å²) in [5, 5.41) is 54.5. The molecule has 1 fully saturated rings. The highest BCUT2D eigenvalue weighted by molar-refractivity contribution is 5.76. The Morgan fingerprint density at radius 1 is 0.473 bits per heavy atom. The van der Waals surface area contributed by atoms with E-state index < -0.39 is 49.5 Å². The fourth-order valence-corrected chi connectivity index (χ4v) is 8.60. The highest BCUT2D eigenvalue weighted by Gasteiger charge is 2.44. The molecule has 1 heterocycles. The molecule has 1 amide bonds. The molecular weight excluding hydrogens is 923 g/mol. The van der Waals surface area contributed by atoms with Crippen LogP contribution in [0.2, 0.25) is 0 Å². The van der Waals surface area contributed by atoms with E-state index in [2.05, 4.69) is 129 Å². The molecule has 0 aromatic rings. The third kappa shape index (κ3) is 41.8. The number of hydrogen-bond acceptors (Lipinski definition) is 8. The van der Waals surface area contributed by atoms with Crippen LogP contribution >= 0.6 is 0 Å². The Hall–Kier alpha value is -3.41. The second kappa shape index (κ2) is 53.0. The predicted molar refractivity (Wildman–Crippen MR) is 313 cm³/mol. The summed E-state index contributed by atoms with van der Waals surface area (Å²) in [6.07, 6.45) is 72.6. The van der Waals surface area contributed by atoms with Gasteiger partial charge in [0.1, 0.15) is 24.4 Å². The van der Waals surface area contributed by atoms with E-state index in [0.29, 0.717) is 6.42 Å². The first-order valence-electron chi connectivity index (χ1n) is 29.8. The van der Waals surface area contributed by atoms with Gasteiger partial charge in [-0.05, 0) is 96.3 Å². The molecule has 0 saturated carbocycles. The van der Waals surface area contributed by atoms with Crippen LogP contribution in [-0.2, 0) is 14.3 Å². The molecule has 0 aromatic carbocycles. The summed E-state index contributed by atoms with van der Waals surface area (Å²) in [5.74, 6) is -0.200. The Bertz CT molecular complexity index is 1570. The fraction of sp³-hybridized carbons (Fsp3) is 0.677. The lowest BCUT2D eigenvalue weighted by Gasteiger charge is -2.40. The largest absolute Gasteiger partial charge is 0.394 e. The molecule has 74 heavy (non-hydrogen) atoms. The minimum Gasteiger partial charge on any atom is -0.394 e. The summed E-state index contributed by atoms with van der Waals surface area (Å²) >= 11 is 0. The van der Waals surface area contributed by atoms with Gasteiger partial charge in [-0.3, -0.25) is 4.79 Å². The first-order chi connectivity index (χ1) is 36.3. The maximum absolute atomic E-state index is 13.1. The Balaban J connectivity index is 2.24. The van der Waals surface area contributed by atoms with Gasteiger partial charge in [0.25, 0.3) is 0 Å². The molecular formula is C65H109NO8. The monoisotopic (exact) mass is 1030 g/mol. The van der Waals surface area contributed by atoms with E-state index in [4.69, 9.17) is 9.47 Å². The highest BCUT2D eigenvalue weighted by Crippen LogP contribution is 2.23. The zero-order chi connectivity index (χ0) is 53.6. The first-order valence-corrected chi connectivity index (χ1v) is 29.8. The van der Waals surface area contributed by atoms with Crippen LogP contribution in [0.25, 0.3) is 0 Å². The number of ether oxygens (including phenoxy) is 2. The van der Waals surface area contributed by atoms with Crippen LogP contribution in [-0.4, -0.2) is 87.5 Å². The van der Waals surface area contributed by atoms with Crippen molar-refractivity contribution in [2.24, 2.45) is 0 Å². The van der Waals surface area contributed by atoms with Gasteiger partial charge in [-0.25, -0.2) is 0 Å². The number of rotatable bonds is 49. The Morgan fingerprint density at radius 2 is 0.851 bits per heavy atom. The number of allylic oxidation sites excluding steroid dienone is 19. The van der Waals surface area contributed by atoms with Gasteiger partial charge in [0.2, 0.25) is 5.91 Å². The van der Waals surface area contributed by atoms with Gasteiger partial charge in [-0.1, -0.05) is 245 Å². The quantitative estimate of drug-likeness (QED) is 0.0261. The first kappa shape index (κ1) is 68.6. The molecule has 6 N–H and O–H groups in total. The molecule has 1 saturated heterocycles. The van der Waals surface area contributed by atoms with E-state index in [1.807, 2.05) is 6.08 Å². The van der Waals surface area contributed by atoms with Crippen LogP contribution in [0.15, 0.2) is 122 Å². The molecule has 7 atom stereocenters. The van der Waals surface area contributed by atoms with Crippen molar-refractivity contribution in [2.75, 3.05) is 13.2 Å². The lowest BCUT2D eigenvalue weighted by molar-refractivity contribution is -0.302.